The molecule has 2 amide bonds. The zero-order valence-corrected chi connectivity index (χ0v) is 8.46. The van der Waals surface area contributed by atoms with Gasteiger partial charge >= 0.3 is 6.03 Å². The van der Waals surface area contributed by atoms with Gasteiger partial charge < -0.3 is 15.1 Å². The Kier molecular flexibility index (Phi) is 3.97. The van der Waals surface area contributed by atoms with E-state index in [9.17, 15) is 4.79 Å². The van der Waals surface area contributed by atoms with Gasteiger partial charge in [-0.2, -0.15) is 0 Å². The van der Waals surface area contributed by atoms with Gasteiger partial charge in [0.1, 0.15) is 5.76 Å². The van der Waals surface area contributed by atoms with Gasteiger partial charge in [0.2, 0.25) is 5.89 Å². The number of urea groups is 1. The third-order valence-electron chi connectivity index (χ3n) is 1.60. The second-order valence-electron chi connectivity index (χ2n) is 2.97. The lowest BCUT2D eigenvalue weighted by molar-refractivity contribution is 0.239. The van der Waals surface area contributed by atoms with E-state index in [1.165, 1.54) is 0 Å². The number of nitrogens with zero attached hydrogens (tertiary/aromatic N) is 1. The molecule has 78 valence electrons. The third-order valence-corrected chi connectivity index (χ3v) is 1.60. The number of aromatic nitrogens is 1. The van der Waals surface area contributed by atoms with Crippen molar-refractivity contribution in [2.45, 2.75) is 26.8 Å². The average molecular weight is 197 g/mol. The number of rotatable bonds is 4. The molecule has 0 spiro atoms. The number of oxazole rings is 1. The molecular weight excluding hydrogens is 182 g/mol. The summed E-state index contributed by atoms with van der Waals surface area (Å²) in [6.07, 6.45) is 2.55. The highest BCUT2D eigenvalue weighted by atomic mass is 16.4. The largest absolute Gasteiger partial charge is 0.444 e. The fraction of sp³-hybridized carbons (Fsp3) is 0.556. The van der Waals surface area contributed by atoms with Crippen LogP contribution in [-0.4, -0.2) is 17.6 Å². The van der Waals surface area contributed by atoms with Gasteiger partial charge in [-0.15, -0.1) is 0 Å². The van der Waals surface area contributed by atoms with Crippen LogP contribution in [0.3, 0.4) is 0 Å². The summed E-state index contributed by atoms with van der Waals surface area (Å²) in [6, 6.07) is -0.192. The van der Waals surface area contributed by atoms with Gasteiger partial charge in [0, 0.05) is 6.54 Å². The van der Waals surface area contributed by atoms with Crippen LogP contribution in [0.4, 0.5) is 4.79 Å². The quantitative estimate of drug-likeness (QED) is 0.762. The average Bonchev–Trinajstić information content (AvgIpc) is 2.58. The molecule has 5 heteroatoms. The van der Waals surface area contributed by atoms with E-state index >= 15 is 0 Å². The molecule has 0 radical (unpaired) electrons. The fourth-order valence-electron chi connectivity index (χ4n) is 0.940. The van der Waals surface area contributed by atoms with Gasteiger partial charge in [-0.1, -0.05) is 6.92 Å². The van der Waals surface area contributed by atoms with Gasteiger partial charge in [-0.05, 0) is 13.3 Å². The summed E-state index contributed by atoms with van der Waals surface area (Å²) in [5, 5.41) is 5.33. The highest BCUT2D eigenvalue weighted by molar-refractivity contribution is 5.73. The fourth-order valence-corrected chi connectivity index (χ4v) is 0.940. The van der Waals surface area contributed by atoms with Crippen LogP contribution in [-0.2, 0) is 6.54 Å². The second-order valence-corrected chi connectivity index (χ2v) is 2.97. The van der Waals surface area contributed by atoms with Crippen molar-refractivity contribution in [2.24, 2.45) is 0 Å². The molecule has 0 saturated carbocycles. The molecule has 1 aromatic rings. The summed E-state index contributed by atoms with van der Waals surface area (Å²) in [5.74, 6) is 1.27. The Morgan fingerprint density at radius 2 is 2.36 bits per heavy atom. The molecule has 0 saturated heterocycles. The molecule has 0 unspecified atom stereocenters. The normalized spacial score (nSPS) is 9.86. The van der Waals surface area contributed by atoms with Crippen molar-refractivity contribution in [3.63, 3.8) is 0 Å². The molecule has 0 aliphatic heterocycles. The van der Waals surface area contributed by atoms with Crippen LogP contribution < -0.4 is 10.6 Å². The van der Waals surface area contributed by atoms with Crippen LogP contribution >= 0.6 is 0 Å². The minimum Gasteiger partial charge on any atom is -0.444 e. The van der Waals surface area contributed by atoms with Crippen molar-refractivity contribution in [1.82, 2.24) is 15.6 Å². The molecule has 1 aromatic heterocycles. The van der Waals surface area contributed by atoms with E-state index < -0.39 is 0 Å². The number of nitrogens with one attached hydrogen (secondary N) is 2. The molecule has 0 bridgehead atoms. The van der Waals surface area contributed by atoms with Crippen molar-refractivity contribution in [3.05, 3.63) is 17.8 Å². The Morgan fingerprint density at radius 3 is 2.93 bits per heavy atom. The lowest BCUT2D eigenvalue weighted by Crippen LogP contribution is -2.35. The van der Waals surface area contributed by atoms with Crippen molar-refractivity contribution in [2.75, 3.05) is 6.54 Å². The Labute approximate surface area is 82.9 Å². The second kappa shape index (κ2) is 5.26. The van der Waals surface area contributed by atoms with Crippen LogP contribution in [0.5, 0.6) is 0 Å². The van der Waals surface area contributed by atoms with Gasteiger partial charge in [0.05, 0.1) is 12.7 Å². The van der Waals surface area contributed by atoms with E-state index in [2.05, 4.69) is 15.6 Å². The van der Waals surface area contributed by atoms with E-state index in [0.717, 1.165) is 12.2 Å². The number of hydrogen-bond donors (Lipinski definition) is 2. The molecule has 0 atom stereocenters. The van der Waals surface area contributed by atoms with Gasteiger partial charge in [0.25, 0.3) is 0 Å². The molecule has 14 heavy (non-hydrogen) atoms. The van der Waals surface area contributed by atoms with Crippen molar-refractivity contribution in [1.29, 1.82) is 0 Å². The maximum absolute atomic E-state index is 11.1. The van der Waals surface area contributed by atoms with Crippen LogP contribution in [0, 0.1) is 6.92 Å². The van der Waals surface area contributed by atoms with Crippen molar-refractivity contribution in [3.8, 4) is 0 Å². The lowest BCUT2D eigenvalue weighted by Gasteiger charge is -2.03. The van der Waals surface area contributed by atoms with Crippen LogP contribution in [0.2, 0.25) is 0 Å². The first kappa shape index (κ1) is 10.6. The zero-order chi connectivity index (χ0) is 10.4. The zero-order valence-electron chi connectivity index (χ0n) is 8.46. The van der Waals surface area contributed by atoms with E-state index in [4.69, 9.17) is 4.42 Å². The van der Waals surface area contributed by atoms with Crippen LogP contribution in [0.25, 0.3) is 0 Å². The molecular formula is C9H15N3O2. The minimum atomic E-state index is -0.192. The highest BCUT2D eigenvalue weighted by Crippen LogP contribution is 2.00. The molecule has 1 rings (SSSR count). The Bertz CT molecular complexity index is 296. The maximum atomic E-state index is 11.1. The van der Waals surface area contributed by atoms with E-state index in [-0.39, 0.29) is 6.03 Å². The molecule has 0 fully saturated rings. The lowest BCUT2D eigenvalue weighted by atomic mass is 10.5. The Hall–Kier alpha value is -1.52. The molecule has 0 aliphatic rings. The van der Waals surface area contributed by atoms with Gasteiger partial charge in [0.15, 0.2) is 0 Å². The first-order valence-electron chi connectivity index (χ1n) is 4.65. The molecule has 1 heterocycles. The van der Waals surface area contributed by atoms with Gasteiger partial charge in [-0.25, -0.2) is 9.78 Å². The van der Waals surface area contributed by atoms with Crippen molar-refractivity contribution < 1.29 is 9.21 Å². The maximum Gasteiger partial charge on any atom is 0.315 e. The number of carbonyl (C=O) groups excluding carboxylic acids is 1. The summed E-state index contributed by atoms with van der Waals surface area (Å²) >= 11 is 0. The predicted molar refractivity (Wildman–Crippen MR) is 51.8 cm³/mol. The monoisotopic (exact) mass is 197 g/mol. The smallest absolute Gasteiger partial charge is 0.315 e. The third kappa shape index (κ3) is 3.47. The Morgan fingerprint density at radius 1 is 1.57 bits per heavy atom. The SMILES string of the molecule is CCCNC(=O)NCc1ncc(C)o1. The standard InChI is InChI=1S/C9H15N3O2/c1-3-4-10-9(13)12-6-8-11-5-7(2)14-8/h5H,3-4,6H2,1-2H3,(H2,10,12,13). The number of aryl methyl sites for hydroxylation is 1. The van der Waals surface area contributed by atoms with E-state index in [0.29, 0.717) is 19.0 Å². The molecule has 2 N–H and O–H groups in total. The van der Waals surface area contributed by atoms with E-state index in [1.54, 1.807) is 6.20 Å². The molecule has 0 aromatic carbocycles. The number of carbonyl (C=O) groups is 1. The Balaban J connectivity index is 2.23. The summed E-state index contributed by atoms with van der Waals surface area (Å²) in [5.41, 5.74) is 0. The summed E-state index contributed by atoms with van der Waals surface area (Å²) in [6.45, 7) is 4.81. The first-order valence-corrected chi connectivity index (χ1v) is 4.65. The summed E-state index contributed by atoms with van der Waals surface area (Å²) < 4.78 is 5.18. The van der Waals surface area contributed by atoms with Crippen LogP contribution in [0.1, 0.15) is 25.0 Å². The number of amides is 2. The van der Waals surface area contributed by atoms with Crippen LogP contribution in [0.15, 0.2) is 10.6 Å². The summed E-state index contributed by atoms with van der Waals surface area (Å²) in [7, 11) is 0. The topological polar surface area (TPSA) is 67.2 Å². The predicted octanol–water partition coefficient (Wildman–Crippen LogP) is 1.19. The molecule has 5 nitrogen and oxygen atoms in total. The summed E-state index contributed by atoms with van der Waals surface area (Å²) in [4.78, 5) is 15.0. The minimum absolute atomic E-state index is 0.192. The first-order chi connectivity index (χ1) is 6.72. The van der Waals surface area contributed by atoms with Gasteiger partial charge in [-0.3, -0.25) is 0 Å². The highest BCUT2D eigenvalue weighted by Gasteiger charge is 2.02. The van der Waals surface area contributed by atoms with E-state index in [1.807, 2.05) is 13.8 Å². The molecule has 0 aliphatic carbocycles. The van der Waals surface area contributed by atoms with Crippen molar-refractivity contribution >= 4 is 6.03 Å². The number of hydrogen-bond acceptors (Lipinski definition) is 3.